The van der Waals surface area contributed by atoms with Gasteiger partial charge in [0.05, 0.1) is 6.61 Å². The van der Waals surface area contributed by atoms with Crippen LogP contribution in [0.5, 0.6) is 0 Å². The Balaban J connectivity index is 3.24. The van der Waals surface area contributed by atoms with E-state index in [2.05, 4.69) is 13.8 Å². The summed E-state index contributed by atoms with van der Waals surface area (Å²) in [6.07, 6.45) is 3.58. The molecular formula is C10H20O2. The van der Waals surface area contributed by atoms with Gasteiger partial charge in [0.25, 0.3) is 0 Å². The Labute approximate surface area is 75.3 Å². The average Bonchev–Trinajstić information content (AvgIpc) is 2.04. The Hall–Kier alpha value is -0.530. The van der Waals surface area contributed by atoms with Crippen molar-refractivity contribution in [3.8, 4) is 0 Å². The molecule has 0 N–H and O–H groups in total. The summed E-state index contributed by atoms with van der Waals surface area (Å²) in [7, 11) is 0. The Morgan fingerprint density at radius 2 is 2.08 bits per heavy atom. The van der Waals surface area contributed by atoms with Gasteiger partial charge in [-0.1, -0.05) is 27.2 Å². The molecule has 0 aromatic carbocycles. The van der Waals surface area contributed by atoms with Gasteiger partial charge in [-0.25, -0.2) is 0 Å². The van der Waals surface area contributed by atoms with Crippen molar-refractivity contribution in [1.82, 2.24) is 0 Å². The minimum atomic E-state index is -0.0548. The smallest absolute Gasteiger partial charge is 0.305 e. The largest absolute Gasteiger partial charge is 0.466 e. The Morgan fingerprint density at radius 3 is 2.58 bits per heavy atom. The van der Waals surface area contributed by atoms with E-state index in [9.17, 15) is 4.79 Å². The molecule has 0 bridgehead atoms. The van der Waals surface area contributed by atoms with Crippen molar-refractivity contribution in [1.29, 1.82) is 0 Å². The maximum Gasteiger partial charge on any atom is 0.305 e. The van der Waals surface area contributed by atoms with E-state index in [0.717, 1.165) is 19.3 Å². The van der Waals surface area contributed by atoms with Crippen molar-refractivity contribution in [3.05, 3.63) is 0 Å². The molecule has 0 heterocycles. The zero-order valence-corrected chi connectivity index (χ0v) is 8.43. The van der Waals surface area contributed by atoms with Crippen LogP contribution >= 0.6 is 0 Å². The standard InChI is InChI=1S/C10H20O2/c1-4-6-10(11)12-8-7-9(3)5-2/h9H,4-8H2,1-3H3/t9-/m1/s1. The highest BCUT2D eigenvalue weighted by Gasteiger charge is 2.02. The summed E-state index contributed by atoms with van der Waals surface area (Å²) in [6.45, 7) is 6.90. The maximum atomic E-state index is 10.9. The van der Waals surface area contributed by atoms with Crippen LogP contribution in [-0.2, 0) is 9.53 Å². The molecule has 0 aromatic rings. The van der Waals surface area contributed by atoms with Gasteiger partial charge in [0, 0.05) is 6.42 Å². The third-order valence-corrected chi connectivity index (χ3v) is 2.02. The van der Waals surface area contributed by atoms with Crippen LogP contribution in [-0.4, -0.2) is 12.6 Å². The molecule has 0 radical (unpaired) electrons. The lowest BCUT2D eigenvalue weighted by atomic mass is 10.1. The highest BCUT2D eigenvalue weighted by molar-refractivity contribution is 5.69. The summed E-state index contributed by atoms with van der Waals surface area (Å²) in [5.41, 5.74) is 0. The number of ether oxygens (including phenoxy) is 1. The molecule has 0 aliphatic carbocycles. The summed E-state index contributed by atoms with van der Waals surface area (Å²) in [4.78, 5) is 10.9. The summed E-state index contributed by atoms with van der Waals surface area (Å²) in [5.74, 6) is 0.611. The van der Waals surface area contributed by atoms with Crippen molar-refractivity contribution in [2.45, 2.75) is 46.5 Å². The van der Waals surface area contributed by atoms with Crippen LogP contribution in [0.15, 0.2) is 0 Å². The quantitative estimate of drug-likeness (QED) is 0.576. The van der Waals surface area contributed by atoms with E-state index in [4.69, 9.17) is 4.74 Å². The average molecular weight is 172 g/mol. The number of hydrogen-bond acceptors (Lipinski definition) is 2. The molecule has 0 rings (SSSR count). The van der Waals surface area contributed by atoms with Gasteiger partial charge in [0.1, 0.15) is 0 Å². The molecule has 0 spiro atoms. The normalized spacial score (nSPS) is 12.6. The van der Waals surface area contributed by atoms with Gasteiger partial charge in [-0.05, 0) is 18.8 Å². The fraction of sp³-hybridized carbons (Fsp3) is 0.900. The first kappa shape index (κ1) is 11.5. The van der Waals surface area contributed by atoms with E-state index in [0.29, 0.717) is 18.9 Å². The minimum absolute atomic E-state index is 0.0548. The van der Waals surface area contributed by atoms with E-state index < -0.39 is 0 Å². The Morgan fingerprint density at radius 1 is 1.42 bits per heavy atom. The van der Waals surface area contributed by atoms with Crippen molar-refractivity contribution >= 4 is 5.97 Å². The van der Waals surface area contributed by atoms with Crippen LogP contribution in [0.4, 0.5) is 0 Å². The highest BCUT2D eigenvalue weighted by Crippen LogP contribution is 2.06. The van der Waals surface area contributed by atoms with Crippen molar-refractivity contribution in [2.75, 3.05) is 6.61 Å². The second kappa shape index (κ2) is 7.14. The SMILES string of the molecule is CCCC(=O)OCC[C@H](C)CC. The Bertz CT molecular complexity index is 121. The van der Waals surface area contributed by atoms with E-state index in [1.807, 2.05) is 6.92 Å². The van der Waals surface area contributed by atoms with Crippen LogP contribution in [0.2, 0.25) is 0 Å². The lowest BCUT2D eigenvalue weighted by Crippen LogP contribution is -2.07. The third kappa shape index (κ3) is 6.20. The Kier molecular flexibility index (Phi) is 6.82. The molecule has 0 saturated heterocycles. The molecule has 12 heavy (non-hydrogen) atoms. The predicted molar refractivity (Wildman–Crippen MR) is 49.9 cm³/mol. The van der Waals surface area contributed by atoms with E-state index in [1.165, 1.54) is 0 Å². The van der Waals surface area contributed by atoms with Crippen LogP contribution in [0.3, 0.4) is 0 Å². The molecule has 0 unspecified atom stereocenters. The van der Waals surface area contributed by atoms with E-state index >= 15 is 0 Å². The van der Waals surface area contributed by atoms with Crippen molar-refractivity contribution < 1.29 is 9.53 Å². The van der Waals surface area contributed by atoms with Gasteiger partial charge in [0.2, 0.25) is 0 Å². The first-order chi connectivity index (χ1) is 5.70. The summed E-state index contributed by atoms with van der Waals surface area (Å²) < 4.78 is 5.02. The molecular weight excluding hydrogens is 152 g/mol. The van der Waals surface area contributed by atoms with Gasteiger partial charge in [-0.2, -0.15) is 0 Å². The van der Waals surface area contributed by atoms with Crippen molar-refractivity contribution in [3.63, 3.8) is 0 Å². The number of esters is 1. The van der Waals surface area contributed by atoms with E-state index in [1.54, 1.807) is 0 Å². The molecule has 2 nitrogen and oxygen atoms in total. The predicted octanol–water partition coefficient (Wildman–Crippen LogP) is 2.77. The lowest BCUT2D eigenvalue weighted by Gasteiger charge is -2.08. The van der Waals surface area contributed by atoms with Gasteiger partial charge in [0.15, 0.2) is 0 Å². The summed E-state index contributed by atoms with van der Waals surface area (Å²) in [6, 6.07) is 0. The molecule has 0 fully saturated rings. The van der Waals surface area contributed by atoms with Crippen LogP contribution in [0, 0.1) is 5.92 Å². The fourth-order valence-corrected chi connectivity index (χ4v) is 0.854. The van der Waals surface area contributed by atoms with Crippen LogP contribution < -0.4 is 0 Å². The van der Waals surface area contributed by atoms with Gasteiger partial charge in [-0.15, -0.1) is 0 Å². The second-order valence-corrected chi connectivity index (χ2v) is 3.27. The van der Waals surface area contributed by atoms with Gasteiger partial charge >= 0.3 is 5.97 Å². The van der Waals surface area contributed by atoms with Crippen LogP contribution in [0.1, 0.15) is 46.5 Å². The number of carbonyl (C=O) groups is 1. The summed E-state index contributed by atoms with van der Waals surface area (Å²) in [5, 5.41) is 0. The fourth-order valence-electron chi connectivity index (χ4n) is 0.854. The molecule has 72 valence electrons. The molecule has 0 aliphatic heterocycles. The highest BCUT2D eigenvalue weighted by atomic mass is 16.5. The molecule has 0 amide bonds. The minimum Gasteiger partial charge on any atom is -0.466 e. The zero-order chi connectivity index (χ0) is 9.40. The monoisotopic (exact) mass is 172 g/mol. The summed E-state index contributed by atoms with van der Waals surface area (Å²) >= 11 is 0. The molecule has 2 heteroatoms. The third-order valence-electron chi connectivity index (χ3n) is 2.02. The van der Waals surface area contributed by atoms with Crippen molar-refractivity contribution in [2.24, 2.45) is 5.92 Å². The first-order valence-electron chi connectivity index (χ1n) is 4.86. The molecule has 0 aliphatic rings. The van der Waals surface area contributed by atoms with Gasteiger partial charge in [-0.3, -0.25) is 4.79 Å². The van der Waals surface area contributed by atoms with E-state index in [-0.39, 0.29) is 5.97 Å². The van der Waals surface area contributed by atoms with Crippen LogP contribution in [0.25, 0.3) is 0 Å². The first-order valence-corrected chi connectivity index (χ1v) is 4.86. The lowest BCUT2D eigenvalue weighted by molar-refractivity contribution is -0.144. The number of hydrogen-bond donors (Lipinski definition) is 0. The number of carbonyl (C=O) groups excluding carboxylic acids is 1. The maximum absolute atomic E-state index is 10.9. The molecule has 1 atom stereocenters. The second-order valence-electron chi connectivity index (χ2n) is 3.27. The number of rotatable bonds is 6. The molecule has 0 saturated carbocycles. The van der Waals surface area contributed by atoms with Gasteiger partial charge < -0.3 is 4.74 Å². The zero-order valence-electron chi connectivity index (χ0n) is 8.43. The topological polar surface area (TPSA) is 26.3 Å². The molecule has 0 aromatic heterocycles.